The van der Waals surface area contributed by atoms with Crippen LogP contribution in [0.3, 0.4) is 0 Å². The minimum atomic E-state index is 0.275. The summed E-state index contributed by atoms with van der Waals surface area (Å²) in [6.07, 6.45) is 5.71. The Hall–Kier alpha value is -3.50. The third-order valence-electron chi connectivity index (χ3n) is 7.52. The van der Waals surface area contributed by atoms with E-state index in [1.54, 1.807) is 12.1 Å². The van der Waals surface area contributed by atoms with Gasteiger partial charge in [0.05, 0.1) is 0 Å². The molecule has 4 aromatic rings. The number of benzene rings is 4. The molecule has 0 unspecified atom stereocenters. The summed E-state index contributed by atoms with van der Waals surface area (Å²) in [5.74, 6) is 1.48. The zero-order valence-corrected chi connectivity index (χ0v) is 20.0. The lowest BCUT2D eigenvalue weighted by Gasteiger charge is -2.26. The minimum Gasteiger partial charge on any atom is -0.508 e. The molecule has 0 amide bonds. The molecule has 0 atom stereocenters. The summed E-state index contributed by atoms with van der Waals surface area (Å²) in [6, 6.07) is 21.9. The highest BCUT2D eigenvalue weighted by Crippen LogP contribution is 2.44. The molecule has 2 N–H and O–H groups in total. The van der Waals surface area contributed by atoms with Crippen LogP contribution in [0.5, 0.6) is 17.2 Å². The molecule has 0 aromatic heterocycles. The Morgan fingerprint density at radius 1 is 0.743 bits per heavy atom. The third kappa shape index (κ3) is 4.35. The van der Waals surface area contributed by atoms with Crippen LogP contribution < -0.4 is 4.74 Å². The van der Waals surface area contributed by atoms with E-state index in [1.807, 2.05) is 24.3 Å². The van der Waals surface area contributed by atoms with E-state index >= 15 is 0 Å². The van der Waals surface area contributed by atoms with Gasteiger partial charge in [-0.1, -0.05) is 30.7 Å². The van der Waals surface area contributed by atoms with Gasteiger partial charge in [-0.25, -0.2) is 0 Å². The number of phenols is 2. The number of aryl methyl sites for hydroxylation is 1. The lowest BCUT2D eigenvalue weighted by Crippen LogP contribution is -2.33. The number of piperidine rings is 1. The van der Waals surface area contributed by atoms with Crippen LogP contribution >= 0.6 is 0 Å². The zero-order chi connectivity index (χ0) is 23.8. The number of ether oxygens (including phenoxy) is 1. The first kappa shape index (κ1) is 22.0. The van der Waals surface area contributed by atoms with Gasteiger partial charge in [-0.15, -0.1) is 0 Å². The molecular weight excluding hydrogens is 434 g/mol. The molecule has 4 heteroatoms. The van der Waals surface area contributed by atoms with Gasteiger partial charge in [0.25, 0.3) is 0 Å². The van der Waals surface area contributed by atoms with Crippen LogP contribution in [0.25, 0.3) is 33.0 Å². The first-order chi connectivity index (χ1) is 17.2. The quantitative estimate of drug-likeness (QED) is 0.351. The molecule has 1 aliphatic carbocycles. The van der Waals surface area contributed by atoms with E-state index in [4.69, 9.17) is 4.74 Å². The summed E-state index contributed by atoms with van der Waals surface area (Å²) in [4.78, 5) is 2.49. The van der Waals surface area contributed by atoms with Crippen molar-refractivity contribution in [3.63, 3.8) is 0 Å². The van der Waals surface area contributed by atoms with Gasteiger partial charge in [-0.3, -0.25) is 4.90 Å². The molecule has 35 heavy (non-hydrogen) atoms. The Morgan fingerprint density at radius 2 is 1.51 bits per heavy atom. The monoisotopic (exact) mass is 465 g/mol. The Labute approximate surface area is 206 Å². The van der Waals surface area contributed by atoms with Crippen molar-refractivity contribution in [1.29, 1.82) is 0 Å². The zero-order valence-electron chi connectivity index (χ0n) is 20.0. The summed E-state index contributed by atoms with van der Waals surface area (Å²) < 4.78 is 6.07. The smallest absolute Gasteiger partial charge is 0.119 e. The predicted molar refractivity (Wildman–Crippen MR) is 141 cm³/mol. The molecule has 178 valence electrons. The lowest BCUT2D eigenvalue weighted by molar-refractivity contribution is 0.183. The average Bonchev–Trinajstić information content (AvgIpc) is 2.88. The number of rotatable bonds is 5. The maximum Gasteiger partial charge on any atom is 0.119 e. The number of aromatic hydroxyl groups is 2. The topological polar surface area (TPSA) is 52.9 Å². The van der Waals surface area contributed by atoms with E-state index in [9.17, 15) is 10.2 Å². The summed E-state index contributed by atoms with van der Waals surface area (Å²) >= 11 is 0. The molecule has 2 aliphatic rings. The van der Waals surface area contributed by atoms with Crippen molar-refractivity contribution in [1.82, 2.24) is 4.90 Å². The fraction of sp³-hybridized carbons (Fsp3) is 0.290. The molecule has 0 radical (unpaired) electrons. The van der Waals surface area contributed by atoms with E-state index < -0.39 is 0 Å². The van der Waals surface area contributed by atoms with Crippen LogP contribution in [0, 0.1) is 0 Å². The molecule has 1 heterocycles. The summed E-state index contributed by atoms with van der Waals surface area (Å²) in [5, 5.41) is 22.4. The van der Waals surface area contributed by atoms with E-state index in [-0.39, 0.29) is 5.75 Å². The van der Waals surface area contributed by atoms with Crippen LogP contribution in [0.1, 0.15) is 30.4 Å². The lowest BCUT2D eigenvalue weighted by atomic mass is 9.79. The van der Waals surface area contributed by atoms with Crippen molar-refractivity contribution < 1.29 is 14.9 Å². The number of hydrogen-bond donors (Lipinski definition) is 2. The largest absolute Gasteiger partial charge is 0.508 e. The van der Waals surface area contributed by atoms with Gasteiger partial charge >= 0.3 is 0 Å². The van der Waals surface area contributed by atoms with Crippen molar-refractivity contribution in [2.24, 2.45) is 0 Å². The summed E-state index contributed by atoms with van der Waals surface area (Å²) in [5.41, 5.74) is 7.16. The first-order valence-corrected chi connectivity index (χ1v) is 12.7. The highest BCUT2D eigenvalue weighted by Gasteiger charge is 2.22. The second-order valence-corrected chi connectivity index (χ2v) is 9.80. The van der Waals surface area contributed by atoms with Crippen LogP contribution in [-0.2, 0) is 12.8 Å². The Kier molecular flexibility index (Phi) is 5.83. The van der Waals surface area contributed by atoms with E-state index in [2.05, 4.69) is 35.2 Å². The fourth-order valence-electron chi connectivity index (χ4n) is 5.76. The molecule has 6 rings (SSSR count). The van der Waals surface area contributed by atoms with Crippen molar-refractivity contribution in [3.05, 3.63) is 77.9 Å². The van der Waals surface area contributed by atoms with E-state index in [0.29, 0.717) is 12.4 Å². The van der Waals surface area contributed by atoms with Gasteiger partial charge in [-0.05, 0) is 125 Å². The van der Waals surface area contributed by atoms with E-state index in [1.165, 1.54) is 60.2 Å². The van der Waals surface area contributed by atoms with Gasteiger partial charge in [-0.2, -0.15) is 0 Å². The normalized spacial score (nSPS) is 15.5. The molecule has 0 saturated carbocycles. The maximum atomic E-state index is 10.3. The van der Waals surface area contributed by atoms with Gasteiger partial charge in [0.2, 0.25) is 0 Å². The highest BCUT2D eigenvalue weighted by molar-refractivity contribution is 6.03. The molecule has 1 saturated heterocycles. The predicted octanol–water partition coefficient (Wildman–Crippen LogP) is 6.55. The summed E-state index contributed by atoms with van der Waals surface area (Å²) in [7, 11) is 0. The Morgan fingerprint density at radius 3 is 2.34 bits per heavy atom. The van der Waals surface area contributed by atoms with E-state index in [0.717, 1.165) is 41.5 Å². The van der Waals surface area contributed by atoms with Crippen molar-refractivity contribution >= 4 is 10.8 Å². The fourth-order valence-corrected chi connectivity index (χ4v) is 5.76. The molecule has 1 fully saturated rings. The Bertz CT molecular complexity index is 1370. The minimum absolute atomic E-state index is 0.275. The molecule has 1 aliphatic heterocycles. The van der Waals surface area contributed by atoms with Crippen LogP contribution in [-0.4, -0.2) is 41.4 Å². The number of phenolic OH excluding ortho intramolecular Hbond substituents is 2. The van der Waals surface area contributed by atoms with Gasteiger partial charge < -0.3 is 14.9 Å². The molecule has 0 spiro atoms. The van der Waals surface area contributed by atoms with Gasteiger partial charge in [0.1, 0.15) is 23.9 Å². The second-order valence-electron chi connectivity index (χ2n) is 9.80. The van der Waals surface area contributed by atoms with Gasteiger partial charge in [0, 0.05) is 6.54 Å². The molecule has 0 bridgehead atoms. The number of nitrogens with zero attached hydrogens (tertiary/aromatic N) is 1. The highest BCUT2D eigenvalue weighted by atomic mass is 16.5. The third-order valence-corrected chi connectivity index (χ3v) is 7.52. The summed E-state index contributed by atoms with van der Waals surface area (Å²) in [6.45, 7) is 4.06. The first-order valence-electron chi connectivity index (χ1n) is 12.7. The average molecular weight is 466 g/mol. The van der Waals surface area contributed by atoms with Crippen molar-refractivity contribution in [2.45, 2.75) is 32.1 Å². The number of hydrogen-bond acceptors (Lipinski definition) is 4. The van der Waals surface area contributed by atoms with Crippen LogP contribution in [0.15, 0.2) is 66.7 Å². The molecule has 4 nitrogen and oxygen atoms in total. The van der Waals surface area contributed by atoms with Crippen LogP contribution in [0.4, 0.5) is 0 Å². The SMILES string of the molecule is Oc1ccc2c(c1)CCc1c-2cc2ccc(O)cc2c1-c1ccc(OCCN2CCCCC2)cc1. The van der Waals surface area contributed by atoms with Crippen molar-refractivity contribution in [2.75, 3.05) is 26.2 Å². The number of likely N-dealkylation sites (tertiary alicyclic amines) is 1. The second kappa shape index (κ2) is 9.27. The molecule has 4 aromatic carbocycles. The maximum absolute atomic E-state index is 10.3. The van der Waals surface area contributed by atoms with Gasteiger partial charge in [0.15, 0.2) is 0 Å². The molecular formula is C31H31NO3. The number of fused-ring (bicyclic) bond motifs is 4. The Balaban J connectivity index is 1.35. The van der Waals surface area contributed by atoms with Crippen LogP contribution in [0.2, 0.25) is 0 Å². The standard InChI is InChI=1S/C31H31NO3/c33-24-9-13-27-22(18-24)7-12-28-30(27)19-23-4-8-25(34)20-29(23)31(28)21-5-10-26(11-6-21)35-17-16-32-14-2-1-3-15-32/h4-6,8-11,13,18-20,33-34H,1-3,7,12,14-17H2. The van der Waals surface area contributed by atoms with Crippen molar-refractivity contribution in [3.8, 4) is 39.5 Å².